The Bertz CT molecular complexity index is 386. The van der Waals surface area contributed by atoms with Gasteiger partial charge in [0, 0.05) is 12.7 Å². The van der Waals surface area contributed by atoms with Gasteiger partial charge in [0.2, 0.25) is 0 Å². The molecule has 0 aliphatic heterocycles. The topological polar surface area (TPSA) is 56.9 Å². The third kappa shape index (κ3) is 3.02. The van der Waals surface area contributed by atoms with Crippen molar-refractivity contribution in [3.05, 3.63) is 41.3 Å². The number of aromatic amines is 1. The molecule has 0 saturated heterocycles. The maximum absolute atomic E-state index is 11.2. The SMILES string of the molecule is C=CCNC(=S)Nc1ccc[nH]c1=O. The summed E-state index contributed by atoms with van der Waals surface area (Å²) in [6, 6.07) is 3.38. The van der Waals surface area contributed by atoms with Crippen LogP contribution in [0.2, 0.25) is 0 Å². The minimum absolute atomic E-state index is 0.199. The lowest BCUT2D eigenvalue weighted by molar-refractivity contribution is 1.06. The van der Waals surface area contributed by atoms with Crippen LogP contribution in [-0.2, 0) is 0 Å². The zero-order chi connectivity index (χ0) is 10.4. The van der Waals surface area contributed by atoms with Gasteiger partial charge in [-0.2, -0.15) is 0 Å². The maximum atomic E-state index is 11.2. The van der Waals surface area contributed by atoms with Gasteiger partial charge < -0.3 is 15.6 Å². The lowest BCUT2D eigenvalue weighted by Crippen LogP contribution is -2.30. The molecule has 5 heteroatoms. The number of anilines is 1. The predicted octanol–water partition coefficient (Wildman–Crippen LogP) is 0.847. The van der Waals surface area contributed by atoms with E-state index in [1.165, 1.54) is 0 Å². The van der Waals surface area contributed by atoms with Gasteiger partial charge in [0.15, 0.2) is 5.11 Å². The summed E-state index contributed by atoms with van der Waals surface area (Å²) in [7, 11) is 0. The highest BCUT2D eigenvalue weighted by Crippen LogP contribution is 1.95. The number of hydrogen-bond donors (Lipinski definition) is 3. The van der Waals surface area contributed by atoms with E-state index in [1.807, 2.05) is 0 Å². The smallest absolute Gasteiger partial charge is 0.271 e. The molecule has 0 bridgehead atoms. The molecule has 0 spiro atoms. The van der Waals surface area contributed by atoms with Crippen molar-refractivity contribution in [2.45, 2.75) is 0 Å². The first-order chi connectivity index (χ1) is 6.74. The van der Waals surface area contributed by atoms with Gasteiger partial charge >= 0.3 is 0 Å². The van der Waals surface area contributed by atoms with Crippen molar-refractivity contribution in [3.63, 3.8) is 0 Å². The molecule has 0 fully saturated rings. The first kappa shape index (κ1) is 10.5. The van der Waals surface area contributed by atoms with Gasteiger partial charge in [-0.3, -0.25) is 4.79 Å². The fourth-order valence-corrected chi connectivity index (χ4v) is 1.04. The van der Waals surface area contributed by atoms with E-state index in [0.717, 1.165) is 0 Å². The van der Waals surface area contributed by atoms with Crippen LogP contribution in [-0.4, -0.2) is 16.6 Å². The zero-order valence-corrected chi connectivity index (χ0v) is 8.36. The molecule has 0 amide bonds. The summed E-state index contributed by atoms with van der Waals surface area (Å²) in [5.41, 5.74) is 0.226. The van der Waals surface area contributed by atoms with Crippen LogP contribution in [0.4, 0.5) is 5.69 Å². The van der Waals surface area contributed by atoms with Crippen molar-refractivity contribution in [2.24, 2.45) is 0 Å². The van der Waals surface area contributed by atoms with Crippen molar-refractivity contribution in [3.8, 4) is 0 Å². The van der Waals surface area contributed by atoms with E-state index in [9.17, 15) is 4.79 Å². The minimum Gasteiger partial charge on any atom is -0.359 e. The van der Waals surface area contributed by atoms with Crippen LogP contribution in [0.25, 0.3) is 0 Å². The molecule has 4 nitrogen and oxygen atoms in total. The van der Waals surface area contributed by atoms with Crippen molar-refractivity contribution in [1.82, 2.24) is 10.3 Å². The molecule has 14 heavy (non-hydrogen) atoms. The Hall–Kier alpha value is -1.62. The number of thiocarbonyl (C=S) groups is 1. The standard InChI is InChI=1S/C9H11N3OS/c1-2-5-11-9(14)12-7-4-3-6-10-8(7)13/h2-4,6H,1,5H2,(H,10,13)(H2,11,12,14). The van der Waals surface area contributed by atoms with E-state index >= 15 is 0 Å². The van der Waals surface area contributed by atoms with Crippen LogP contribution in [0.3, 0.4) is 0 Å². The molecule has 0 radical (unpaired) electrons. The third-order valence-electron chi connectivity index (χ3n) is 1.47. The van der Waals surface area contributed by atoms with E-state index in [2.05, 4.69) is 22.2 Å². The summed E-state index contributed by atoms with van der Waals surface area (Å²) in [6.45, 7) is 4.11. The summed E-state index contributed by atoms with van der Waals surface area (Å²) in [6.07, 6.45) is 3.25. The second-order valence-electron chi connectivity index (χ2n) is 2.54. The molecule has 1 rings (SSSR count). The summed E-state index contributed by atoms with van der Waals surface area (Å²) in [4.78, 5) is 13.7. The maximum Gasteiger partial charge on any atom is 0.271 e. The van der Waals surface area contributed by atoms with Crippen LogP contribution < -0.4 is 16.2 Å². The van der Waals surface area contributed by atoms with Gasteiger partial charge in [-0.15, -0.1) is 6.58 Å². The second-order valence-corrected chi connectivity index (χ2v) is 2.94. The average molecular weight is 209 g/mol. The minimum atomic E-state index is -0.199. The van der Waals surface area contributed by atoms with Gasteiger partial charge in [-0.25, -0.2) is 0 Å². The summed E-state index contributed by atoms with van der Waals surface area (Å²) in [5, 5.41) is 6.04. The van der Waals surface area contributed by atoms with Crippen LogP contribution in [0.15, 0.2) is 35.8 Å². The number of H-pyrrole nitrogens is 1. The van der Waals surface area contributed by atoms with Gasteiger partial charge in [0.05, 0.1) is 0 Å². The number of rotatable bonds is 3. The molecule has 3 N–H and O–H groups in total. The van der Waals surface area contributed by atoms with Gasteiger partial charge in [-0.1, -0.05) is 6.08 Å². The van der Waals surface area contributed by atoms with Crippen molar-refractivity contribution in [2.75, 3.05) is 11.9 Å². The molecule has 1 aromatic heterocycles. The Morgan fingerprint density at radius 3 is 3.14 bits per heavy atom. The Morgan fingerprint density at radius 2 is 2.50 bits per heavy atom. The van der Waals surface area contributed by atoms with E-state index in [4.69, 9.17) is 12.2 Å². The summed E-state index contributed by atoms with van der Waals surface area (Å²) >= 11 is 4.94. The molecule has 1 heterocycles. The van der Waals surface area contributed by atoms with Crippen molar-refractivity contribution >= 4 is 23.0 Å². The molecule has 0 aliphatic rings. The van der Waals surface area contributed by atoms with Crippen molar-refractivity contribution < 1.29 is 0 Å². The molecule has 0 atom stereocenters. The van der Waals surface area contributed by atoms with E-state index in [0.29, 0.717) is 17.3 Å². The highest BCUT2D eigenvalue weighted by atomic mass is 32.1. The number of aromatic nitrogens is 1. The van der Waals surface area contributed by atoms with E-state index < -0.39 is 0 Å². The number of hydrogen-bond acceptors (Lipinski definition) is 2. The van der Waals surface area contributed by atoms with Crippen LogP contribution in [0.5, 0.6) is 0 Å². The largest absolute Gasteiger partial charge is 0.359 e. The molecule has 74 valence electrons. The number of nitrogens with one attached hydrogen (secondary N) is 3. The highest BCUT2D eigenvalue weighted by Gasteiger charge is 1.98. The molecular weight excluding hydrogens is 198 g/mol. The fraction of sp³-hybridized carbons (Fsp3) is 0.111. The van der Waals surface area contributed by atoms with Crippen LogP contribution in [0, 0.1) is 0 Å². The molecule has 1 aromatic rings. The molecule has 0 unspecified atom stereocenters. The van der Waals surface area contributed by atoms with Crippen LogP contribution >= 0.6 is 12.2 Å². The Balaban J connectivity index is 2.60. The van der Waals surface area contributed by atoms with Crippen molar-refractivity contribution in [1.29, 1.82) is 0 Å². The monoisotopic (exact) mass is 209 g/mol. The van der Waals surface area contributed by atoms with Gasteiger partial charge in [0.25, 0.3) is 5.56 Å². The average Bonchev–Trinajstić information content (AvgIpc) is 2.18. The van der Waals surface area contributed by atoms with E-state index in [-0.39, 0.29) is 5.56 Å². The lowest BCUT2D eigenvalue weighted by atomic mass is 10.4. The first-order valence-corrected chi connectivity index (χ1v) is 4.48. The second kappa shape index (κ2) is 5.18. The fourth-order valence-electron chi connectivity index (χ4n) is 0.851. The van der Waals surface area contributed by atoms with Gasteiger partial charge in [-0.05, 0) is 24.4 Å². The Morgan fingerprint density at radius 1 is 1.71 bits per heavy atom. The lowest BCUT2D eigenvalue weighted by Gasteiger charge is -2.07. The van der Waals surface area contributed by atoms with Gasteiger partial charge in [0.1, 0.15) is 5.69 Å². The quantitative estimate of drug-likeness (QED) is 0.510. The molecule has 0 aromatic carbocycles. The Labute approximate surface area is 87.0 Å². The predicted molar refractivity (Wildman–Crippen MR) is 61.5 cm³/mol. The third-order valence-corrected chi connectivity index (χ3v) is 1.72. The normalized spacial score (nSPS) is 9.14. The highest BCUT2D eigenvalue weighted by molar-refractivity contribution is 7.80. The summed E-state index contributed by atoms with van der Waals surface area (Å²) < 4.78 is 0. The molecule has 0 saturated carbocycles. The zero-order valence-electron chi connectivity index (χ0n) is 7.54. The Kier molecular flexibility index (Phi) is 3.87. The molecular formula is C9H11N3OS. The molecule has 0 aliphatic carbocycles. The van der Waals surface area contributed by atoms with Crippen LogP contribution in [0.1, 0.15) is 0 Å². The summed E-state index contributed by atoms with van der Waals surface area (Å²) in [5.74, 6) is 0. The first-order valence-electron chi connectivity index (χ1n) is 4.07. The van der Waals surface area contributed by atoms with E-state index in [1.54, 1.807) is 24.4 Å². The number of pyridine rings is 1.